The second-order valence-electron chi connectivity index (χ2n) is 6.03. The summed E-state index contributed by atoms with van der Waals surface area (Å²) >= 11 is 0. The van der Waals surface area contributed by atoms with Gasteiger partial charge in [-0.15, -0.1) is 0 Å². The highest BCUT2D eigenvalue weighted by Crippen LogP contribution is 2.18. The van der Waals surface area contributed by atoms with E-state index in [4.69, 9.17) is 9.47 Å². The minimum absolute atomic E-state index is 0.0279. The van der Waals surface area contributed by atoms with Gasteiger partial charge in [-0.25, -0.2) is 4.79 Å². The molecule has 1 aromatic carbocycles. The average Bonchev–Trinajstić information content (AvgIpc) is 2.91. The lowest BCUT2D eigenvalue weighted by Crippen LogP contribution is -2.24. The molecule has 1 amide bonds. The van der Waals surface area contributed by atoms with E-state index in [9.17, 15) is 4.79 Å². The molecule has 0 spiro atoms. The molecule has 2 heterocycles. The zero-order valence-electron chi connectivity index (χ0n) is 13.9. The third-order valence-corrected chi connectivity index (χ3v) is 3.94. The maximum absolute atomic E-state index is 11.6. The predicted octanol–water partition coefficient (Wildman–Crippen LogP) is 3.43. The lowest BCUT2D eigenvalue weighted by Gasteiger charge is -2.13. The number of hydrogen-bond donors (Lipinski definition) is 0. The van der Waals surface area contributed by atoms with Crippen molar-refractivity contribution >= 4 is 6.09 Å². The summed E-state index contributed by atoms with van der Waals surface area (Å²) in [4.78, 5) is 17.4. The van der Waals surface area contributed by atoms with Gasteiger partial charge in [0.25, 0.3) is 0 Å². The minimum Gasteiger partial charge on any atom is -0.494 e. The number of carbonyl (C=O) groups is 1. The summed E-state index contributed by atoms with van der Waals surface area (Å²) in [5, 5.41) is 0. The summed E-state index contributed by atoms with van der Waals surface area (Å²) in [6.45, 7) is 3.79. The summed E-state index contributed by atoms with van der Waals surface area (Å²) in [6.07, 6.45) is 5.31. The SMILES string of the molecule is CC1CN(Cc2ccc(OCCCc3cccnc3)cc2)C(=O)O1. The average molecular weight is 326 g/mol. The first-order valence-electron chi connectivity index (χ1n) is 8.27. The van der Waals surface area contributed by atoms with Crippen LogP contribution >= 0.6 is 0 Å². The second kappa shape index (κ2) is 7.81. The summed E-state index contributed by atoms with van der Waals surface area (Å²) in [5.74, 6) is 0.849. The van der Waals surface area contributed by atoms with Crippen LogP contribution in [0.5, 0.6) is 5.75 Å². The highest BCUT2D eigenvalue weighted by Gasteiger charge is 2.27. The molecule has 126 valence electrons. The fourth-order valence-corrected chi connectivity index (χ4v) is 2.72. The van der Waals surface area contributed by atoms with Gasteiger partial charge in [-0.2, -0.15) is 0 Å². The van der Waals surface area contributed by atoms with Gasteiger partial charge < -0.3 is 14.4 Å². The van der Waals surface area contributed by atoms with Gasteiger partial charge in [0.1, 0.15) is 11.9 Å². The third-order valence-electron chi connectivity index (χ3n) is 3.94. The molecule has 5 nitrogen and oxygen atoms in total. The smallest absolute Gasteiger partial charge is 0.410 e. The van der Waals surface area contributed by atoms with Gasteiger partial charge in [-0.1, -0.05) is 18.2 Å². The van der Waals surface area contributed by atoms with Crippen molar-refractivity contribution in [1.29, 1.82) is 0 Å². The summed E-state index contributed by atoms with van der Waals surface area (Å²) in [6, 6.07) is 11.9. The zero-order chi connectivity index (χ0) is 16.8. The van der Waals surface area contributed by atoms with Gasteiger partial charge in [-0.05, 0) is 49.1 Å². The lowest BCUT2D eigenvalue weighted by atomic mass is 10.2. The van der Waals surface area contributed by atoms with Gasteiger partial charge >= 0.3 is 6.09 Å². The van der Waals surface area contributed by atoms with E-state index in [1.54, 1.807) is 11.1 Å². The molecule has 1 fully saturated rings. The van der Waals surface area contributed by atoms with E-state index in [0.717, 1.165) is 24.2 Å². The van der Waals surface area contributed by atoms with Crippen molar-refractivity contribution in [1.82, 2.24) is 9.88 Å². The van der Waals surface area contributed by atoms with Crippen LogP contribution in [-0.2, 0) is 17.7 Å². The Kier molecular flexibility index (Phi) is 5.31. The normalized spacial score (nSPS) is 17.0. The standard InChI is InChI=1S/C19H22N2O3/c1-15-13-21(19(22)24-15)14-17-6-8-18(9-7-17)23-11-3-5-16-4-2-10-20-12-16/h2,4,6-10,12,15H,3,5,11,13-14H2,1H3. The number of pyridine rings is 1. The first-order valence-corrected chi connectivity index (χ1v) is 8.27. The Balaban J connectivity index is 1.42. The van der Waals surface area contributed by atoms with Crippen molar-refractivity contribution in [3.63, 3.8) is 0 Å². The molecular formula is C19H22N2O3. The molecule has 3 rings (SSSR count). The molecule has 0 aliphatic carbocycles. The monoisotopic (exact) mass is 326 g/mol. The van der Waals surface area contributed by atoms with Crippen molar-refractivity contribution in [3.05, 3.63) is 59.9 Å². The largest absolute Gasteiger partial charge is 0.494 e. The molecule has 1 aliphatic heterocycles. The fraction of sp³-hybridized carbons (Fsp3) is 0.368. The molecule has 1 atom stereocenters. The van der Waals surface area contributed by atoms with Crippen molar-refractivity contribution < 1.29 is 14.3 Å². The van der Waals surface area contributed by atoms with E-state index >= 15 is 0 Å². The molecular weight excluding hydrogens is 304 g/mol. The maximum atomic E-state index is 11.6. The molecule has 24 heavy (non-hydrogen) atoms. The Bertz CT molecular complexity index is 658. The number of rotatable bonds is 7. The molecule has 0 radical (unpaired) electrons. The van der Waals surface area contributed by atoms with E-state index in [1.165, 1.54) is 5.56 Å². The van der Waals surface area contributed by atoms with E-state index in [2.05, 4.69) is 11.1 Å². The maximum Gasteiger partial charge on any atom is 0.410 e. The number of ether oxygens (including phenoxy) is 2. The van der Waals surface area contributed by atoms with Crippen LogP contribution in [-0.4, -0.2) is 35.2 Å². The molecule has 1 unspecified atom stereocenters. The second-order valence-corrected chi connectivity index (χ2v) is 6.03. The zero-order valence-corrected chi connectivity index (χ0v) is 13.9. The molecule has 2 aromatic rings. The Hall–Kier alpha value is -2.56. The number of cyclic esters (lactones) is 1. The predicted molar refractivity (Wildman–Crippen MR) is 90.8 cm³/mol. The van der Waals surface area contributed by atoms with Crippen molar-refractivity contribution in [2.75, 3.05) is 13.2 Å². The number of aromatic nitrogens is 1. The van der Waals surface area contributed by atoms with Crippen LogP contribution in [0.3, 0.4) is 0 Å². The molecule has 0 bridgehead atoms. The fourth-order valence-electron chi connectivity index (χ4n) is 2.72. The highest BCUT2D eigenvalue weighted by molar-refractivity contribution is 5.69. The summed E-state index contributed by atoms with van der Waals surface area (Å²) < 4.78 is 10.9. The summed E-state index contributed by atoms with van der Waals surface area (Å²) in [5.41, 5.74) is 2.30. The highest BCUT2D eigenvalue weighted by atomic mass is 16.6. The first kappa shape index (κ1) is 16.3. The van der Waals surface area contributed by atoms with Crippen LogP contribution in [0.4, 0.5) is 4.79 Å². The molecule has 0 N–H and O–H groups in total. The first-order chi connectivity index (χ1) is 11.7. The molecule has 1 saturated heterocycles. The van der Waals surface area contributed by atoms with E-state index < -0.39 is 0 Å². The van der Waals surface area contributed by atoms with Gasteiger partial charge in [0.2, 0.25) is 0 Å². The Morgan fingerprint density at radius 2 is 2.08 bits per heavy atom. The third kappa shape index (κ3) is 4.47. The number of aryl methyl sites for hydroxylation is 1. The van der Waals surface area contributed by atoms with E-state index in [0.29, 0.717) is 19.7 Å². The number of hydrogen-bond acceptors (Lipinski definition) is 4. The van der Waals surface area contributed by atoms with Gasteiger partial charge in [0, 0.05) is 18.9 Å². The van der Waals surface area contributed by atoms with Crippen LogP contribution in [0, 0.1) is 0 Å². The molecule has 5 heteroatoms. The number of benzene rings is 1. The van der Waals surface area contributed by atoms with E-state index in [-0.39, 0.29) is 12.2 Å². The van der Waals surface area contributed by atoms with Gasteiger partial charge in [0.05, 0.1) is 13.2 Å². The lowest BCUT2D eigenvalue weighted by molar-refractivity contribution is 0.137. The number of amides is 1. The van der Waals surface area contributed by atoms with Crippen LogP contribution in [0.15, 0.2) is 48.8 Å². The quantitative estimate of drug-likeness (QED) is 0.732. The van der Waals surface area contributed by atoms with Crippen molar-refractivity contribution in [2.45, 2.75) is 32.4 Å². The van der Waals surface area contributed by atoms with Crippen molar-refractivity contribution in [3.8, 4) is 5.75 Å². The van der Waals surface area contributed by atoms with Gasteiger partial charge in [0.15, 0.2) is 0 Å². The molecule has 1 aliphatic rings. The minimum atomic E-state index is -0.238. The van der Waals surface area contributed by atoms with Crippen LogP contribution in [0.2, 0.25) is 0 Å². The molecule has 0 saturated carbocycles. The van der Waals surface area contributed by atoms with E-state index in [1.807, 2.05) is 43.5 Å². The number of nitrogens with zero attached hydrogens (tertiary/aromatic N) is 2. The Morgan fingerprint density at radius 1 is 1.25 bits per heavy atom. The van der Waals surface area contributed by atoms with Gasteiger partial charge in [-0.3, -0.25) is 4.98 Å². The Morgan fingerprint density at radius 3 is 2.75 bits per heavy atom. The molecule has 1 aromatic heterocycles. The Labute approximate surface area is 142 Å². The van der Waals surface area contributed by atoms with Crippen LogP contribution in [0.25, 0.3) is 0 Å². The van der Waals surface area contributed by atoms with Crippen LogP contribution in [0.1, 0.15) is 24.5 Å². The van der Waals surface area contributed by atoms with Crippen LogP contribution < -0.4 is 4.74 Å². The number of carbonyl (C=O) groups excluding carboxylic acids is 1. The topological polar surface area (TPSA) is 51.7 Å². The summed E-state index contributed by atoms with van der Waals surface area (Å²) in [7, 11) is 0. The van der Waals surface area contributed by atoms with Crippen molar-refractivity contribution in [2.24, 2.45) is 0 Å².